The number of ether oxygens (including phenoxy) is 1. The van der Waals surface area contributed by atoms with Gasteiger partial charge >= 0.3 is 10.6 Å². The van der Waals surface area contributed by atoms with Crippen LogP contribution in [-0.4, -0.2) is 27.7 Å². The van der Waals surface area contributed by atoms with E-state index < -0.39 is 38.4 Å². The number of benzene rings is 1. The highest BCUT2D eigenvalue weighted by atomic mass is 32.3. The first-order chi connectivity index (χ1) is 10.9. The van der Waals surface area contributed by atoms with Crippen LogP contribution in [-0.2, 0) is 48.1 Å². The monoisotopic (exact) mass is 383 g/mol. The Hall–Kier alpha value is -1.69. The molecule has 134 valence electrons. The molecule has 0 aliphatic carbocycles. The summed E-state index contributed by atoms with van der Waals surface area (Å²) in [6.45, 7) is 4.26. The Bertz CT molecular complexity index is 742. The van der Waals surface area contributed by atoms with Gasteiger partial charge in [0.2, 0.25) is 11.1 Å². The molecule has 0 heterocycles. The van der Waals surface area contributed by atoms with Crippen molar-refractivity contribution in [2.24, 2.45) is 0 Å². The number of halogens is 2. The lowest BCUT2D eigenvalue weighted by molar-refractivity contribution is -0.140. The summed E-state index contributed by atoms with van der Waals surface area (Å²) in [6, 6.07) is 5.81. The summed E-state index contributed by atoms with van der Waals surface area (Å²) < 4.78 is 72.0. The van der Waals surface area contributed by atoms with Gasteiger partial charge < -0.3 is 9.29 Å². The minimum absolute atomic E-state index is 0.0365. The van der Waals surface area contributed by atoms with Gasteiger partial charge in [0.25, 0.3) is 0 Å². The number of alkyl halides is 2. The van der Waals surface area contributed by atoms with Gasteiger partial charge in [-0.15, -0.1) is 0 Å². The summed E-state index contributed by atoms with van der Waals surface area (Å²) in [5, 5.41) is 0. The SMILES string of the molecule is C=C(C)C(=O)OCc1ccc(COS(=O)C(F)(F)S(=O)(=O)[O-])cc1. The predicted molar refractivity (Wildman–Crippen MR) is 78.6 cm³/mol. The number of carbonyl (C=O) groups excluding carboxylic acids is 1. The third kappa shape index (κ3) is 5.44. The molecule has 11 heteroatoms. The van der Waals surface area contributed by atoms with Gasteiger partial charge in [-0.25, -0.2) is 17.4 Å². The number of carbonyl (C=O) groups is 1. The van der Waals surface area contributed by atoms with E-state index in [4.69, 9.17) is 4.74 Å². The zero-order valence-corrected chi connectivity index (χ0v) is 14.0. The average molecular weight is 383 g/mol. The Morgan fingerprint density at radius 1 is 1.25 bits per heavy atom. The zero-order chi connectivity index (χ0) is 18.5. The van der Waals surface area contributed by atoms with E-state index in [-0.39, 0.29) is 17.7 Å². The van der Waals surface area contributed by atoms with Gasteiger partial charge in [-0.05, 0) is 18.1 Å². The van der Waals surface area contributed by atoms with Gasteiger partial charge in [0.1, 0.15) is 6.61 Å². The molecule has 0 aromatic heterocycles. The maximum absolute atomic E-state index is 13.0. The molecule has 1 atom stereocenters. The van der Waals surface area contributed by atoms with Crippen LogP contribution in [0.3, 0.4) is 0 Å². The maximum Gasteiger partial charge on any atom is 0.433 e. The van der Waals surface area contributed by atoms with Crippen LogP contribution in [0.4, 0.5) is 8.78 Å². The fourth-order valence-corrected chi connectivity index (χ4v) is 2.47. The normalized spacial score (nSPS) is 13.3. The highest BCUT2D eigenvalue weighted by Gasteiger charge is 2.46. The summed E-state index contributed by atoms with van der Waals surface area (Å²) >= 11 is -3.63. The van der Waals surface area contributed by atoms with E-state index in [2.05, 4.69) is 10.8 Å². The second kappa shape index (κ2) is 7.92. The summed E-state index contributed by atoms with van der Waals surface area (Å²) in [6.07, 6.45) is 0. The Labute approximate surface area is 139 Å². The molecule has 0 N–H and O–H groups in total. The van der Waals surface area contributed by atoms with Crippen molar-refractivity contribution in [1.82, 2.24) is 0 Å². The number of hydrogen-bond acceptors (Lipinski definition) is 7. The molecule has 0 spiro atoms. The van der Waals surface area contributed by atoms with Crippen LogP contribution in [0.2, 0.25) is 0 Å². The summed E-state index contributed by atoms with van der Waals surface area (Å²) in [5.41, 5.74) is 1.11. The third-order valence-corrected chi connectivity index (χ3v) is 4.88. The lowest BCUT2D eigenvalue weighted by Crippen LogP contribution is -2.34. The minimum Gasteiger partial charge on any atom is -0.743 e. The third-order valence-electron chi connectivity index (χ3n) is 2.56. The van der Waals surface area contributed by atoms with Crippen LogP contribution >= 0.6 is 0 Å². The van der Waals surface area contributed by atoms with Crippen molar-refractivity contribution in [3.05, 3.63) is 47.5 Å². The summed E-state index contributed by atoms with van der Waals surface area (Å²) in [4.78, 5) is 11.2. The lowest BCUT2D eigenvalue weighted by atomic mass is 10.1. The molecule has 1 aromatic carbocycles. The molecule has 0 fully saturated rings. The molecule has 0 bridgehead atoms. The topological polar surface area (TPSA) is 110 Å². The quantitative estimate of drug-likeness (QED) is 0.381. The molecule has 0 saturated heterocycles. The molecule has 0 radical (unpaired) electrons. The molecule has 0 amide bonds. The van der Waals surface area contributed by atoms with Crippen molar-refractivity contribution in [2.45, 2.75) is 24.7 Å². The van der Waals surface area contributed by atoms with Crippen molar-refractivity contribution in [2.75, 3.05) is 0 Å². The first-order valence-electron chi connectivity index (χ1n) is 6.24. The van der Waals surface area contributed by atoms with Gasteiger partial charge in [-0.1, -0.05) is 30.8 Å². The van der Waals surface area contributed by atoms with E-state index >= 15 is 0 Å². The Balaban J connectivity index is 2.61. The Morgan fingerprint density at radius 3 is 2.12 bits per heavy atom. The molecular weight excluding hydrogens is 370 g/mol. The molecule has 1 rings (SSSR count). The predicted octanol–water partition coefficient (Wildman–Crippen LogP) is 1.58. The van der Waals surface area contributed by atoms with Gasteiger partial charge in [0, 0.05) is 5.57 Å². The van der Waals surface area contributed by atoms with Crippen LogP contribution in [0.25, 0.3) is 0 Å². The highest BCUT2D eigenvalue weighted by molar-refractivity contribution is 8.02. The summed E-state index contributed by atoms with van der Waals surface area (Å²) in [5.74, 6) is -0.570. The molecule has 1 unspecified atom stereocenters. The van der Waals surface area contributed by atoms with E-state index in [1.54, 1.807) is 0 Å². The standard InChI is InChI=1S/C13H14F2O7S2/c1-9(2)12(16)21-7-10-3-5-11(6-4-10)8-22-23(17)13(14,15)24(18,19)20/h3-6H,1,7-8H2,2H3,(H,18,19,20)/p-1. The Morgan fingerprint density at radius 2 is 1.71 bits per heavy atom. The average Bonchev–Trinajstić information content (AvgIpc) is 2.49. The van der Waals surface area contributed by atoms with Crippen LogP contribution in [0.15, 0.2) is 36.4 Å². The van der Waals surface area contributed by atoms with Crippen LogP contribution in [0, 0.1) is 0 Å². The van der Waals surface area contributed by atoms with E-state index in [1.807, 2.05) is 0 Å². The summed E-state index contributed by atoms with van der Waals surface area (Å²) in [7, 11) is -6.10. The van der Waals surface area contributed by atoms with Crippen LogP contribution in [0.5, 0.6) is 0 Å². The molecule has 0 aliphatic rings. The largest absolute Gasteiger partial charge is 0.743 e. The molecular formula is C13H13F2O7S2-. The number of hydrogen-bond donors (Lipinski definition) is 0. The lowest BCUT2D eigenvalue weighted by Gasteiger charge is -2.18. The van der Waals surface area contributed by atoms with Crippen molar-refractivity contribution in [3.63, 3.8) is 0 Å². The fourth-order valence-electron chi connectivity index (χ4n) is 1.28. The van der Waals surface area contributed by atoms with Crippen molar-refractivity contribution < 1.29 is 39.7 Å². The first kappa shape index (κ1) is 20.4. The van der Waals surface area contributed by atoms with Gasteiger partial charge in [-0.2, -0.15) is 8.78 Å². The fraction of sp³-hybridized carbons (Fsp3) is 0.308. The van der Waals surface area contributed by atoms with Crippen molar-refractivity contribution >= 4 is 27.2 Å². The van der Waals surface area contributed by atoms with Gasteiger partial charge in [0.15, 0.2) is 10.1 Å². The second-order valence-electron chi connectivity index (χ2n) is 4.59. The molecule has 7 nitrogen and oxygen atoms in total. The van der Waals surface area contributed by atoms with E-state index in [9.17, 15) is 30.8 Å². The molecule has 0 saturated carbocycles. The van der Waals surface area contributed by atoms with Crippen molar-refractivity contribution in [1.29, 1.82) is 0 Å². The smallest absolute Gasteiger partial charge is 0.433 e. The molecule has 1 aromatic rings. The zero-order valence-electron chi connectivity index (χ0n) is 12.4. The minimum atomic E-state index is -6.10. The maximum atomic E-state index is 13.0. The molecule has 24 heavy (non-hydrogen) atoms. The van der Waals surface area contributed by atoms with E-state index in [1.165, 1.54) is 31.2 Å². The van der Waals surface area contributed by atoms with Crippen LogP contribution < -0.4 is 0 Å². The highest BCUT2D eigenvalue weighted by Crippen LogP contribution is 2.26. The number of esters is 1. The van der Waals surface area contributed by atoms with Gasteiger partial charge in [-0.3, -0.25) is 4.18 Å². The van der Waals surface area contributed by atoms with Crippen LogP contribution in [0.1, 0.15) is 18.1 Å². The Kier molecular flexibility index (Phi) is 6.72. The van der Waals surface area contributed by atoms with Gasteiger partial charge in [0.05, 0.1) is 6.61 Å². The van der Waals surface area contributed by atoms with E-state index in [0.29, 0.717) is 5.56 Å². The van der Waals surface area contributed by atoms with E-state index in [0.717, 1.165) is 0 Å². The first-order valence-corrected chi connectivity index (χ1v) is 8.72. The molecule has 0 aliphatic heterocycles. The number of rotatable bonds is 8. The second-order valence-corrected chi connectivity index (χ2v) is 7.48. The van der Waals surface area contributed by atoms with Crippen molar-refractivity contribution in [3.8, 4) is 0 Å².